The van der Waals surface area contributed by atoms with E-state index in [1.165, 1.54) is 0 Å². The van der Waals surface area contributed by atoms with Gasteiger partial charge in [0.05, 0.1) is 35.9 Å². The average Bonchev–Trinajstić information content (AvgIpc) is 3.28. The number of hydrogen-bond acceptors (Lipinski definition) is 6. The highest BCUT2D eigenvalue weighted by molar-refractivity contribution is 7.10. The molecule has 2 fully saturated rings. The maximum Gasteiger partial charge on any atom is 0.227 e. The molecule has 24 heavy (non-hydrogen) atoms. The zero-order valence-corrected chi connectivity index (χ0v) is 15.3. The molecule has 128 valence electrons. The topological polar surface area (TPSA) is 45.7 Å². The maximum atomic E-state index is 12.6. The molecule has 4 rings (SSSR count). The van der Waals surface area contributed by atoms with Crippen LogP contribution in [0, 0.1) is 6.92 Å². The number of thiazole rings is 1. The van der Waals surface area contributed by atoms with Crippen molar-refractivity contribution in [2.45, 2.75) is 32.0 Å². The minimum absolute atomic E-state index is 0.130. The minimum atomic E-state index is 0.130. The molecule has 7 heteroatoms. The molecule has 2 aromatic heterocycles. The van der Waals surface area contributed by atoms with Crippen molar-refractivity contribution in [3.8, 4) is 0 Å². The number of rotatable bonds is 4. The van der Waals surface area contributed by atoms with Crippen LogP contribution < -0.4 is 0 Å². The predicted molar refractivity (Wildman–Crippen MR) is 95.4 cm³/mol. The Hall–Kier alpha value is -1.28. The molecule has 0 aromatic carbocycles. The molecule has 5 nitrogen and oxygen atoms in total. The molecule has 2 aromatic rings. The first kappa shape index (κ1) is 16.2. The molecule has 1 amide bonds. The van der Waals surface area contributed by atoms with Crippen LogP contribution in [0.1, 0.15) is 15.6 Å². The Bertz CT molecular complexity index is 701. The molecule has 2 atom stereocenters. The van der Waals surface area contributed by atoms with E-state index in [1.807, 2.05) is 29.3 Å². The first-order valence-electron chi connectivity index (χ1n) is 8.26. The van der Waals surface area contributed by atoms with E-state index in [-0.39, 0.29) is 18.1 Å². The lowest BCUT2D eigenvalue weighted by atomic mass is 10.1. The van der Waals surface area contributed by atoms with E-state index in [4.69, 9.17) is 4.74 Å². The van der Waals surface area contributed by atoms with E-state index < -0.39 is 0 Å². The summed E-state index contributed by atoms with van der Waals surface area (Å²) in [6, 6.07) is 4.31. The number of aromatic nitrogens is 1. The number of morpholine rings is 1. The maximum absolute atomic E-state index is 12.6. The number of hydrogen-bond donors (Lipinski definition) is 0. The normalized spacial score (nSPS) is 24.3. The highest BCUT2D eigenvalue weighted by Gasteiger charge is 2.41. The van der Waals surface area contributed by atoms with Gasteiger partial charge in [0.1, 0.15) is 0 Å². The summed E-state index contributed by atoms with van der Waals surface area (Å²) in [5.41, 5.74) is 1.13. The molecular weight excluding hydrogens is 342 g/mol. The van der Waals surface area contributed by atoms with Crippen LogP contribution in [0.2, 0.25) is 0 Å². The van der Waals surface area contributed by atoms with Crippen LogP contribution in [0.4, 0.5) is 0 Å². The summed E-state index contributed by atoms with van der Waals surface area (Å²) in [4.78, 5) is 22.7. The van der Waals surface area contributed by atoms with Gasteiger partial charge in [-0.25, -0.2) is 4.98 Å². The Morgan fingerprint density at radius 1 is 1.42 bits per heavy atom. The standard InChI is InChI=1S/C17H21N3O2S2/c1-12-18-13(11-24-12)8-19-4-5-22-16-10-20(9-15(16)19)17(21)7-14-3-2-6-23-14/h2-3,6,11,15-16H,4-5,7-10H2,1H3/t15-,16+/m1/s1. The third kappa shape index (κ3) is 3.39. The number of ether oxygens (including phenoxy) is 1. The van der Waals surface area contributed by atoms with Gasteiger partial charge in [0, 0.05) is 36.4 Å². The molecule has 0 radical (unpaired) electrons. The van der Waals surface area contributed by atoms with Crippen LogP contribution in [-0.4, -0.2) is 59.1 Å². The van der Waals surface area contributed by atoms with Crippen LogP contribution in [0.15, 0.2) is 22.9 Å². The summed E-state index contributed by atoms with van der Waals surface area (Å²) >= 11 is 3.34. The van der Waals surface area contributed by atoms with Crippen molar-refractivity contribution >= 4 is 28.6 Å². The van der Waals surface area contributed by atoms with Gasteiger partial charge < -0.3 is 9.64 Å². The monoisotopic (exact) mass is 363 g/mol. The SMILES string of the molecule is Cc1nc(CN2CCO[C@H]3CN(C(=O)Cc4cccs4)C[C@H]32)cs1. The van der Waals surface area contributed by atoms with Gasteiger partial charge in [-0.05, 0) is 18.4 Å². The smallest absolute Gasteiger partial charge is 0.227 e. The summed E-state index contributed by atoms with van der Waals surface area (Å²) in [6.07, 6.45) is 0.633. The lowest BCUT2D eigenvalue weighted by Gasteiger charge is -2.36. The van der Waals surface area contributed by atoms with Crippen LogP contribution in [0.5, 0.6) is 0 Å². The molecular formula is C17H21N3O2S2. The van der Waals surface area contributed by atoms with Crippen LogP contribution in [-0.2, 0) is 22.5 Å². The van der Waals surface area contributed by atoms with E-state index in [2.05, 4.69) is 15.3 Å². The first-order chi connectivity index (χ1) is 11.7. The largest absolute Gasteiger partial charge is 0.373 e. The quantitative estimate of drug-likeness (QED) is 0.835. The van der Waals surface area contributed by atoms with E-state index in [0.29, 0.717) is 13.0 Å². The summed E-state index contributed by atoms with van der Waals surface area (Å²) in [6.45, 7) is 6.00. The van der Waals surface area contributed by atoms with Crippen molar-refractivity contribution in [1.82, 2.24) is 14.8 Å². The van der Waals surface area contributed by atoms with Gasteiger partial charge in [-0.1, -0.05) is 6.07 Å². The Labute approximate surface area is 149 Å². The molecule has 2 aliphatic rings. The fourth-order valence-corrected chi connectivity index (χ4v) is 4.82. The highest BCUT2D eigenvalue weighted by atomic mass is 32.1. The number of fused-ring (bicyclic) bond motifs is 1. The second-order valence-electron chi connectivity index (χ2n) is 6.36. The number of carbonyl (C=O) groups is 1. The van der Waals surface area contributed by atoms with Crippen molar-refractivity contribution in [3.63, 3.8) is 0 Å². The fraction of sp³-hybridized carbons (Fsp3) is 0.529. The van der Waals surface area contributed by atoms with E-state index in [0.717, 1.165) is 41.8 Å². The molecule has 0 N–H and O–H groups in total. The number of amides is 1. The summed E-state index contributed by atoms with van der Waals surface area (Å²) in [7, 11) is 0. The molecule has 0 aliphatic carbocycles. The Morgan fingerprint density at radius 2 is 2.33 bits per heavy atom. The zero-order valence-electron chi connectivity index (χ0n) is 13.7. The average molecular weight is 364 g/mol. The van der Waals surface area contributed by atoms with Gasteiger partial charge in [0.2, 0.25) is 5.91 Å². The van der Waals surface area contributed by atoms with Gasteiger partial charge >= 0.3 is 0 Å². The van der Waals surface area contributed by atoms with E-state index >= 15 is 0 Å². The second-order valence-corrected chi connectivity index (χ2v) is 8.45. The number of nitrogens with zero attached hydrogens (tertiary/aromatic N) is 3. The van der Waals surface area contributed by atoms with Crippen molar-refractivity contribution in [1.29, 1.82) is 0 Å². The number of carbonyl (C=O) groups excluding carboxylic acids is 1. The molecule has 0 spiro atoms. The van der Waals surface area contributed by atoms with Gasteiger partial charge in [0.25, 0.3) is 0 Å². The van der Waals surface area contributed by atoms with Crippen molar-refractivity contribution in [2.24, 2.45) is 0 Å². The van der Waals surface area contributed by atoms with Crippen molar-refractivity contribution < 1.29 is 9.53 Å². The first-order valence-corrected chi connectivity index (χ1v) is 10.0. The number of likely N-dealkylation sites (tertiary alicyclic amines) is 1. The third-order valence-corrected chi connectivity index (χ3v) is 6.41. The van der Waals surface area contributed by atoms with Crippen molar-refractivity contribution in [2.75, 3.05) is 26.2 Å². The van der Waals surface area contributed by atoms with Gasteiger partial charge in [-0.15, -0.1) is 22.7 Å². The van der Waals surface area contributed by atoms with E-state index in [1.54, 1.807) is 22.7 Å². The predicted octanol–water partition coefficient (Wildman–Crippen LogP) is 2.17. The number of thiophene rings is 1. The molecule has 2 aliphatic heterocycles. The molecule has 4 heterocycles. The van der Waals surface area contributed by atoms with Crippen LogP contribution in [0.3, 0.4) is 0 Å². The minimum Gasteiger partial charge on any atom is -0.373 e. The lowest BCUT2D eigenvalue weighted by Crippen LogP contribution is -2.50. The summed E-state index contributed by atoms with van der Waals surface area (Å²) in [5, 5.41) is 5.26. The Kier molecular flexibility index (Phi) is 4.67. The second kappa shape index (κ2) is 6.92. The Morgan fingerprint density at radius 3 is 3.08 bits per heavy atom. The van der Waals surface area contributed by atoms with Gasteiger partial charge in [-0.3, -0.25) is 9.69 Å². The van der Waals surface area contributed by atoms with E-state index in [9.17, 15) is 4.79 Å². The van der Waals surface area contributed by atoms with Crippen molar-refractivity contribution in [3.05, 3.63) is 38.5 Å². The number of aryl methyl sites for hydroxylation is 1. The lowest BCUT2D eigenvalue weighted by molar-refractivity contribution is -0.129. The van der Waals surface area contributed by atoms with Crippen LogP contribution in [0.25, 0.3) is 0 Å². The fourth-order valence-electron chi connectivity index (χ4n) is 3.52. The Balaban J connectivity index is 1.41. The molecule has 2 saturated heterocycles. The highest BCUT2D eigenvalue weighted by Crippen LogP contribution is 2.25. The van der Waals surface area contributed by atoms with Crippen LogP contribution >= 0.6 is 22.7 Å². The summed E-state index contributed by atoms with van der Waals surface area (Å²) < 4.78 is 5.94. The van der Waals surface area contributed by atoms with Gasteiger partial charge in [-0.2, -0.15) is 0 Å². The zero-order chi connectivity index (χ0) is 16.5. The summed E-state index contributed by atoms with van der Waals surface area (Å²) in [5.74, 6) is 0.208. The molecule has 0 saturated carbocycles. The molecule has 0 unspecified atom stereocenters. The molecule has 0 bridgehead atoms. The van der Waals surface area contributed by atoms with Gasteiger partial charge in [0.15, 0.2) is 0 Å². The third-order valence-electron chi connectivity index (χ3n) is 4.71.